The summed E-state index contributed by atoms with van der Waals surface area (Å²) in [6.07, 6.45) is 3.47. The standard InChI is InChI=1S/C10H11N3OS/c11-8(5-14)10-13-9(6-15-10)7-2-1-3-12-4-7/h1-4,6,8,14H,5,11H2. The second kappa shape index (κ2) is 4.48. The van der Waals surface area contributed by atoms with Gasteiger partial charge < -0.3 is 10.8 Å². The van der Waals surface area contributed by atoms with Gasteiger partial charge >= 0.3 is 0 Å². The monoisotopic (exact) mass is 221 g/mol. The van der Waals surface area contributed by atoms with Gasteiger partial charge in [0.1, 0.15) is 5.01 Å². The van der Waals surface area contributed by atoms with E-state index < -0.39 is 0 Å². The molecule has 1 atom stereocenters. The van der Waals surface area contributed by atoms with Gasteiger partial charge in [-0.15, -0.1) is 11.3 Å². The molecule has 0 bridgehead atoms. The maximum Gasteiger partial charge on any atom is 0.112 e. The zero-order valence-corrected chi connectivity index (χ0v) is 8.81. The van der Waals surface area contributed by atoms with Crippen molar-refractivity contribution in [3.05, 3.63) is 34.9 Å². The molecule has 0 aliphatic rings. The van der Waals surface area contributed by atoms with Gasteiger partial charge in [0, 0.05) is 23.3 Å². The van der Waals surface area contributed by atoms with Crippen LogP contribution in [0.1, 0.15) is 11.0 Å². The summed E-state index contributed by atoms with van der Waals surface area (Å²) in [5, 5.41) is 11.6. The van der Waals surface area contributed by atoms with Gasteiger partial charge in [0.15, 0.2) is 0 Å². The summed E-state index contributed by atoms with van der Waals surface area (Å²) in [5.74, 6) is 0. The van der Waals surface area contributed by atoms with E-state index in [1.165, 1.54) is 11.3 Å². The molecule has 2 aromatic rings. The van der Waals surface area contributed by atoms with Gasteiger partial charge in [-0.25, -0.2) is 4.98 Å². The third-order valence-electron chi connectivity index (χ3n) is 1.99. The lowest BCUT2D eigenvalue weighted by Crippen LogP contribution is -2.13. The van der Waals surface area contributed by atoms with Crippen LogP contribution in [0.2, 0.25) is 0 Å². The molecule has 78 valence electrons. The highest BCUT2D eigenvalue weighted by molar-refractivity contribution is 7.10. The zero-order chi connectivity index (χ0) is 10.7. The zero-order valence-electron chi connectivity index (χ0n) is 8.00. The minimum atomic E-state index is -0.388. The van der Waals surface area contributed by atoms with Gasteiger partial charge in [0.25, 0.3) is 0 Å². The first-order chi connectivity index (χ1) is 7.31. The van der Waals surface area contributed by atoms with E-state index in [4.69, 9.17) is 10.8 Å². The topological polar surface area (TPSA) is 72.0 Å². The van der Waals surface area contributed by atoms with Crippen molar-refractivity contribution in [3.8, 4) is 11.3 Å². The molecule has 0 saturated heterocycles. The molecule has 5 heteroatoms. The van der Waals surface area contributed by atoms with Crippen molar-refractivity contribution in [2.75, 3.05) is 6.61 Å². The van der Waals surface area contributed by atoms with Gasteiger partial charge in [-0.2, -0.15) is 0 Å². The number of nitrogens with zero attached hydrogens (tertiary/aromatic N) is 2. The SMILES string of the molecule is NC(CO)c1nc(-c2cccnc2)cs1. The first-order valence-electron chi connectivity index (χ1n) is 4.53. The number of aliphatic hydroxyl groups excluding tert-OH is 1. The molecule has 0 radical (unpaired) electrons. The summed E-state index contributed by atoms with van der Waals surface area (Å²) in [6.45, 7) is -0.0833. The molecule has 0 aliphatic carbocycles. The van der Waals surface area contributed by atoms with Crippen molar-refractivity contribution >= 4 is 11.3 Å². The molecule has 4 nitrogen and oxygen atoms in total. The maximum atomic E-state index is 8.90. The Hall–Kier alpha value is -1.30. The second-order valence-corrected chi connectivity index (χ2v) is 3.99. The van der Waals surface area contributed by atoms with Crippen molar-refractivity contribution in [1.82, 2.24) is 9.97 Å². The van der Waals surface area contributed by atoms with Crippen LogP contribution >= 0.6 is 11.3 Å². The lowest BCUT2D eigenvalue weighted by molar-refractivity contribution is 0.268. The van der Waals surface area contributed by atoms with Gasteiger partial charge in [-0.1, -0.05) is 0 Å². The molecule has 0 aromatic carbocycles. The lowest BCUT2D eigenvalue weighted by Gasteiger charge is -2.01. The molecular formula is C10H11N3OS. The Labute approximate surface area is 91.4 Å². The fourth-order valence-corrected chi connectivity index (χ4v) is 2.00. The van der Waals surface area contributed by atoms with E-state index in [0.717, 1.165) is 16.3 Å². The summed E-state index contributed by atoms with van der Waals surface area (Å²) in [6, 6.07) is 3.41. The van der Waals surface area contributed by atoms with Gasteiger partial charge in [0.05, 0.1) is 18.3 Å². The summed E-state index contributed by atoms with van der Waals surface area (Å²) in [7, 11) is 0. The predicted octanol–water partition coefficient (Wildman–Crippen LogP) is 1.20. The fraction of sp³-hybridized carbons (Fsp3) is 0.200. The van der Waals surface area contributed by atoms with E-state index in [0.29, 0.717) is 0 Å². The molecule has 0 aliphatic heterocycles. The number of aromatic nitrogens is 2. The van der Waals surface area contributed by atoms with Crippen LogP contribution in [-0.4, -0.2) is 21.7 Å². The third kappa shape index (κ3) is 2.20. The summed E-state index contributed by atoms with van der Waals surface area (Å²) in [4.78, 5) is 8.36. The van der Waals surface area contributed by atoms with E-state index in [-0.39, 0.29) is 12.6 Å². The molecule has 0 fully saturated rings. The minimum Gasteiger partial charge on any atom is -0.394 e. The van der Waals surface area contributed by atoms with Crippen LogP contribution in [0.25, 0.3) is 11.3 Å². The maximum absolute atomic E-state index is 8.90. The van der Waals surface area contributed by atoms with Crippen molar-refractivity contribution in [2.45, 2.75) is 6.04 Å². The Morgan fingerprint density at radius 3 is 3.07 bits per heavy atom. The molecule has 1 unspecified atom stereocenters. The Balaban J connectivity index is 2.28. The molecule has 2 aromatic heterocycles. The quantitative estimate of drug-likeness (QED) is 0.816. The van der Waals surface area contributed by atoms with Crippen LogP contribution in [0, 0.1) is 0 Å². The van der Waals surface area contributed by atoms with Crippen molar-refractivity contribution in [2.24, 2.45) is 5.73 Å². The second-order valence-electron chi connectivity index (χ2n) is 3.10. The molecule has 2 heterocycles. The van der Waals surface area contributed by atoms with Crippen molar-refractivity contribution in [1.29, 1.82) is 0 Å². The molecule has 2 rings (SSSR count). The molecule has 0 saturated carbocycles. The largest absolute Gasteiger partial charge is 0.394 e. The number of pyridine rings is 1. The van der Waals surface area contributed by atoms with Crippen LogP contribution in [0.4, 0.5) is 0 Å². The highest BCUT2D eigenvalue weighted by atomic mass is 32.1. The van der Waals surface area contributed by atoms with Crippen LogP contribution < -0.4 is 5.73 Å². The number of aliphatic hydroxyl groups is 1. The number of hydrogen-bond donors (Lipinski definition) is 2. The Kier molecular flexibility index (Phi) is 3.05. The molecule has 0 amide bonds. The normalized spacial score (nSPS) is 12.7. The molecule has 3 N–H and O–H groups in total. The first-order valence-corrected chi connectivity index (χ1v) is 5.41. The molecule has 0 spiro atoms. The summed E-state index contributed by atoms with van der Waals surface area (Å²) >= 11 is 1.45. The minimum absolute atomic E-state index is 0.0833. The number of hydrogen-bond acceptors (Lipinski definition) is 5. The Bertz CT molecular complexity index is 429. The van der Waals surface area contributed by atoms with Crippen LogP contribution in [0.15, 0.2) is 29.9 Å². The van der Waals surface area contributed by atoms with E-state index in [1.54, 1.807) is 12.4 Å². The highest BCUT2D eigenvalue weighted by Crippen LogP contribution is 2.23. The summed E-state index contributed by atoms with van der Waals surface area (Å²) < 4.78 is 0. The van der Waals surface area contributed by atoms with Gasteiger partial charge in [-0.05, 0) is 12.1 Å². The van der Waals surface area contributed by atoms with Crippen LogP contribution in [0.5, 0.6) is 0 Å². The smallest absolute Gasteiger partial charge is 0.112 e. The van der Waals surface area contributed by atoms with Crippen LogP contribution in [-0.2, 0) is 0 Å². The van der Waals surface area contributed by atoms with E-state index in [1.807, 2.05) is 17.5 Å². The number of thiazole rings is 1. The average molecular weight is 221 g/mol. The Morgan fingerprint density at radius 1 is 1.53 bits per heavy atom. The third-order valence-corrected chi connectivity index (χ3v) is 2.97. The molecular weight excluding hydrogens is 210 g/mol. The van der Waals surface area contributed by atoms with Crippen molar-refractivity contribution < 1.29 is 5.11 Å². The average Bonchev–Trinajstić information content (AvgIpc) is 2.78. The van der Waals surface area contributed by atoms with E-state index in [2.05, 4.69) is 9.97 Å². The van der Waals surface area contributed by atoms with Gasteiger partial charge in [0.2, 0.25) is 0 Å². The fourth-order valence-electron chi connectivity index (χ4n) is 1.18. The Morgan fingerprint density at radius 2 is 2.40 bits per heavy atom. The predicted molar refractivity (Wildman–Crippen MR) is 59.4 cm³/mol. The van der Waals surface area contributed by atoms with Crippen LogP contribution in [0.3, 0.4) is 0 Å². The van der Waals surface area contributed by atoms with Gasteiger partial charge in [-0.3, -0.25) is 4.98 Å². The first kappa shape index (κ1) is 10.2. The lowest BCUT2D eigenvalue weighted by atomic mass is 10.2. The van der Waals surface area contributed by atoms with E-state index in [9.17, 15) is 0 Å². The highest BCUT2D eigenvalue weighted by Gasteiger charge is 2.10. The van der Waals surface area contributed by atoms with E-state index >= 15 is 0 Å². The number of rotatable bonds is 3. The van der Waals surface area contributed by atoms with Crippen molar-refractivity contribution in [3.63, 3.8) is 0 Å². The number of nitrogens with two attached hydrogens (primary N) is 1. The molecule has 15 heavy (non-hydrogen) atoms. The summed E-state index contributed by atoms with van der Waals surface area (Å²) in [5.41, 5.74) is 7.48.